The first-order valence-corrected chi connectivity index (χ1v) is 29.5. The minimum atomic E-state index is -4.58. The van der Waals surface area contributed by atoms with Gasteiger partial charge in [0.25, 0.3) is 20.0 Å². The standard InChI is InChI=1S/C36H30F3N3O7S.C26H21F3N2O6S.2CH4/c37-36(38,39)27-11-15-31(16-12-27)50(45,46)41-28-8-4-7-25(19-28)22-47-30-13-9-26(10-14-30)32(33-17-18-49-40-33)21-34(43)42-29(23-48-35(42)44)20-24-5-2-1-3-6-24;27-26(28,29)19-6-10-22(11-7-19)38(34,35)31-20-3-1-2-17(14-20)16-36-21-8-4-18(5-9-21)23(15-25(32)33)24-12-13-37-30-24;;/h1-19,29,32,41H,20-23H2;1-14,23,31H,15-16H2,(H,32,33);2*1H4/t29-,32-;23-;;/m00../s1. The monoisotopic (exact) mass is 1280 g/mol. The summed E-state index contributed by atoms with van der Waals surface area (Å²) in [5, 5.41) is 17.1. The number of amides is 2. The summed E-state index contributed by atoms with van der Waals surface area (Å²) < 4.78 is 159. The van der Waals surface area contributed by atoms with Crippen LogP contribution in [0.1, 0.15) is 89.9 Å². The Hall–Kier alpha value is -9.95. The highest BCUT2D eigenvalue weighted by molar-refractivity contribution is 7.93. The van der Waals surface area contributed by atoms with Gasteiger partial charge in [0.05, 0.1) is 44.8 Å². The van der Waals surface area contributed by atoms with Crippen LogP contribution >= 0.6 is 0 Å². The van der Waals surface area contributed by atoms with Gasteiger partial charge >= 0.3 is 24.4 Å². The summed E-state index contributed by atoms with van der Waals surface area (Å²) in [6, 6.07) is 45.4. The molecule has 1 aliphatic heterocycles. The number of nitrogens with one attached hydrogen (secondary N) is 2. The molecule has 90 heavy (non-hydrogen) atoms. The highest BCUT2D eigenvalue weighted by Crippen LogP contribution is 2.35. The second kappa shape index (κ2) is 29.4. The molecule has 2 amide bonds. The number of aromatic nitrogens is 2. The van der Waals surface area contributed by atoms with Gasteiger partial charge in [-0.05, 0) is 131 Å². The average molecular weight is 1280 g/mol. The van der Waals surface area contributed by atoms with E-state index in [-0.39, 0.29) is 68.7 Å². The van der Waals surface area contributed by atoms with Gasteiger partial charge in [-0.25, -0.2) is 26.5 Å². The molecule has 18 nitrogen and oxygen atoms in total. The van der Waals surface area contributed by atoms with Crippen LogP contribution in [0.2, 0.25) is 0 Å². The van der Waals surface area contributed by atoms with Crippen LogP contribution in [0.4, 0.5) is 42.5 Å². The number of carboxylic acids is 1. The number of halogens is 6. The number of carboxylic acid groups (broad SMARTS) is 1. The van der Waals surface area contributed by atoms with Gasteiger partial charge in [0.15, 0.2) is 0 Å². The number of benzene rings is 7. The Bertz CT molecular complexity index is 4050. The van der Waals surface area contributed by atoms with Gasteiger partial charge in [0.1, 0.15) is 43.8 Å². The second-order valence-corrected chi connectivity index (χ2v) is 23.2. The van der Waals surface area contributed by atoms with Crippen molar-refractivity contribution in [2.45, 2.75) is 87.4 Å². The Morgan fingerprint density at radius 1 is 0.567 bits per heavy atom. The molecular formula is C64H59F6N5O13S2. The number of anilines is 2. The van der Waals surface area contributed by atoms with E-state index in [2.05, 4.69) is 19.8 Å². The van der Waals surface area contributed by atoms with Crippen LogP contribution in [0.3, 0.4) is 0 Å². The second-order valence-electron chi connectivity index (χ2n) is 19.8. The molecule has 0 radical (unpaired) electrons. The average Bonchev–Trinajstić information content (AvgIpc) is 1.40. The van der Waals surface area contributed by atoms with E-state index in [1.807, 2.05) is 30.3 Å². The Morgan fingerprint density at radius 3 is 1.39 bits per heavy atom. The third-order valence-electron chi connectivity index (χ3n) is 13.6. The van der Waals surface area contributed by atoms with E-state index in [0.717, 1.165) is 35.4 Å². The van der Waals surface area contributed by atoms with Gasteiger partial charge in [-0.15, -0.1) is 0 Å². The fraction of sp³-hybridized carbons (Fsp3) is 0.203. The van der Waals surface area contributed by atoms with Gasteiger partial charge in [0, 0.05) is 41.8 Å². The maximum absolute atomic E-state index is 13.6. The van der Waals surface area contributed by atoms with Crippen LogP contribution < -0.4 is 18.9 Å². The summed E-state index contributed by atoms with van der Waals surface area (Å²) in [5.41, 5.74) is 3.20. The first kappa shape index (κ1) is 67.6. The number of sulfonamides is 2. The Morgan fingerprint density at radius 2 is 0.989 bits per heavy atom. The van der Waals surface area contributed by atoms with E-state index in [9.17, 15) is 62.7 Å². The van der Waals surface area contributed by atoms with E-state index in [0.29, 0.717) is 70.3 Å². The third-order valence-corrected chi connectivity index (χ3v) is 16.4. The number of alkyl halides is 6. The molecular weight excluding hydrogens is 1220 g/mol. The largest absolute Gasteiger partial charge is 0.489 e. The zero-order valence-corrected chi connectivity index (χ0v) is 47.4. The summed E-state index contributed by atoms with van der Waals surface area (Å²) >= 11 is 0. The smallest absolute Gasteiger partial charge is 0.416 e. The zero-order valence-electron chi connectivity index (χ0n) is 45.8. The predicted octanol–water partition coefficient (Wildman–Crippen LogP) is 14.1. The van der Waals surface area contributed by atoms with Crippen molar-refractivity contribution in [3.8, 4) is 11.5 Å². The molecule has 26 heteroatoms. The van der Waals surface area contributed by atoms with Crippen molar-refractivity contribution in [2.24, 2.45) is 0 Å². The van der Waals surface area contributed by atoms with Crippen molar-refractivity contribution >= 4 is 49.4 Å². The highest BCUT2D eigenvalue weighted by atomic mass is 32.2. The quantitative estimate of drug-likeness (QED) is 0.0534. The Kier molecular flexibility index (Phi) is 22.0. The number of imide groups is 1. The molecule has 0 spiro atoms. The van der Waals surface area contributed by atoms with Gasteiger partial charge < -0.3 is 28.4 Å². The summed E-state index contributed by atoms with van der Waals surface area (Å²) in [5.74, 6) is -1.42. The third kappa shape index (κ3) is 17.9. The van der Waals surface area contributed by atoms with Crippen LogP contribution in [0.5, 0.6) is 11.5 Å². The van der Waals surface area contributed by atoms with Gasteiger partial charge in [-0.2, -0.15) is 26.3 Å². The molecule has 9 aromatic rings. The summed E-state index contributed by atoms with van der Waals surface area (Å²) in [4.78, 5) is 38.0. The SMILES string of the molecule is C.C.O=C(C[C@@H](c1ccc(OCc2cccc(NS(=O)(=O)c3ccc(C(F)(F)F)cc3)c2)cc1)c1ccon1)N1C(=O)OC[C@@H]1Cc1ccccc1.O=C(O)C[C@@H](c1ccc(OCc2cccc(NS(=O)(=O)c3ccc(C(F)(F)F)cc3)c2)cc1)c1ccon1. The van der Waals surface area contributed by atoms with Crippen LogP contribution in [0, 0.1) is 0 Å². The molecule has 7 aromatic carbocycles. The number of cyclic esters (lactones) is 1. The molecule has 1 aliphatic rings. The zero-order chi connectivity index (χ0) is 62.6. The molecule has 3 N–H and O–H groups in total. The molecule has 3 atom stereocenters. The van der Waals surface area contributed by atoms with Crippen LogP contribution in [-0.2, 0) is 66.4 Å². The lowest BCUT2D eigenvalue weighted by atomic mass is 9.91. The fourth-order valence-electron chi connectivity index (χ4n) is 9.29. The van der Waals surface area contributed by atoms with Crippen LogP contribution in [0.25, 0.3) is 0 Å². The molecule has 10 rings (SSSR count). The number of carbonyl (C=O) groups excluding carboxylic acids is 2. The van der Waals surface area contributed by atoms with Crippen molar-refractivity contribution in [3.05, 3.63) is 251 Å². The number of hydrogen-bond donors (Lipinski definition) is 3. The molecule has 0 bridgehead atoms. The van der Waals surface area contributed by atoms with Gasteiger partial charge in [-0.1, -0.05) is 104 Å². The molecule has 0 aliphatic carbocycles. The van der Waals surface area contributed by atoms with Crippen molar-refractivity contribution < 1.29 is 85.9 Å². The summed E-state index contributed by atoms with van der Waals surface area (Å²) in [6.07, 6.45) is -6.82. The van der Waals surface area contributed by atoms with E-state index >= 15 is 0 Å². The molecule has 1 saturated heterocycles. The summed E-state index contributed by atoms with van der Waals surface area (Å²) in [6.45, 7) is 0.269. The predicted molar refractivity (Wildman–Crippen MR) is 318 cm³/mol. The first-order chi connectivity index (χ1) is 42.0. The number of rotatable bonds is 22. The molecule has 3 heterocycles. The van der Waals surface area contributed by atoms with Crippen LogP contribution in [-0.4, -0.2) is 67.8 Å². The van der Waals surface area contributed by atoms with Crippen molar-refractivity contribution in [2.75, 3.05) is 16.1 Å². The van der Waals surface area contributed by atoms with Crippen molar-refractivity contribution in [3.63, 3.8) is 0 Å². The number of hydrogen-bond acceptors (Lipinski definition) is 14. The normalized spacial score (nSPS) is 13.9. The molecule has 0 saturated carbocycles. The minimum Gasteiger partial charge on any atom is -0.489 e. The molecule has 0 unspecified atom stereocenters. The maximum Gasteiger partial charge on any atom is 0.416 e. The van der Waals surface area contributed by atoms with Gasteiger partial charge in [0.2, 0.25) is 5.91 Å². The van der Waals surface area contributed by atoms with Crippen molar-refractivity contribution in [1.29, 1.82) is 0 Å². The van der Waals surface area contributed by atoms with E-state index in [1.165, 1.54) is 29.6 Å². The highest BCUT2D eigenvalue weighted by Gasteiger charge is 2.39. The minimum absolute atomic E-state index is 0. The Labute approximate surface area is 514 Å². The molecule has 2 aromatic heterocycles. The fourth-order valence-corrected chi connectivity index (χ4v) is 11.4. The number of carbonyl (C=O) groups is 3. The number of ether oxygens (including phenoxy) is 3. The molecule has 472 valence electrons. The van der Waals surface area contributed by atoms with E-state index in [4.69, 9.17) is 23.3 Å². The van der Waals surface area contributed by atoms with Crippen molar-refractivity contribution in [1.82, 2.24) is 15.2 Å². The summed E-state index contributed by atoms with van der Waals surface area (Å²) in [7, 11) is -8.26. The topological polar surface area (TPSA) is 247 Å². The van der Waals surface area contributed by atoms with Gasteiger partial charge in [-0.3, -0.25) is 19.0 Å². The van der Waals surface area contributed by atoms with E-state index in [1.54, 1.807) is 97.1 Å². The lowest BCUT2D eigenvalue weighted by molar-refractivity contribution is -0.138. The number of aliphatic carboxylic acids is 1. The Balaban J connectivity index is 0.000000260. The van der Waals surface area contributed by atoms with E-state index < -0.39 is 79.4 Å². The number of nitrogens with zero attached hydrogens (tertiary/aromatic N) is 3. The molecule has 1 fully saturated rings. The maximum atomic E-state index is 13.6. The lowest BCUT2D eigenvalue weighted by Crippen LogP contribution is -2.40. The van der Waals surface area contributed by atoms with Crippen LogP contribution in [0.15, 0.2) is 219 Å². The lowest BCUT2D eigenvalue weighted by Gasteiger charge is -2.22. The first-order valence-electron chi connectivity index (χ1n) is 26.6.